The molecule has 0 bridgehead atoms. The molecule has 0 spiro atoms. The Morgan fingerprint density at radius 1 is 0.410 bits per heavy atom. The van der Waals surface area contributed by atoms with Gasteiger partial charge in [0.15, 0.2) is 0 Å². The zero-order valence-electron chi connectivity index (χ0n) is 21.3. The Kier molecular flexibility index (Phi) is 15.8. The van der Waals surface area contributed by atoms with E-state index in [2.05, 4.69) is 0 Å². The van der Waals surface area contributed by atoms with Gasteiger partial charge in [-0.05, 0) is 22.3 Å². The molecule has 39 heavy (non-hydrogen) atoms. The molecule has 0 saturated carbocycles. The predicted octanol–water partition coefficient (Wildman–Crippen LogP) is 6.66. The molecule has 0 unspecified atom stereocenters. The van der Waals surface area contributed by atoms with Crippen molar-refractivity contribution in [3.63, 3.8) is 0 Å². The summed E-state index contributed by atoms with van der Waals surface area (Å²) in [5.74, 6) is 0. The topological polar surface area (TPSA) is 112 Å². The van der Waals surface area contributed by atoms with Crippen molar-refractivity contribution in [2.24, 2.45) is 0 Å². The van der Waals surface area contributed by atoms with Crippen molar-refractivity contribution >= 4 is 64.5 Å². The van der Waals surface area contributed by atoms with E-state index in [1.54, 1.807) is 0 Å². The first-order chi connectivity index (χ1) is 18.3. The monoisotopic (exact) mass is 694 g/mol. The van der Waals surface area contributed by atoms with Crippen molar-refractivity contribution in [2.75, 3.05) is 0 Å². The smallest absolute Gasteiger partial charge is 0.302 e. The van der Waals surface area contributed by atoms with Crippen LogP contribution in [-0.2, 0) is 53.7 Å². The van der Waals surface area contributed by atoms with Crippen molar-refractivity contribution in [3.05, 3.63) is 144 Å². The predicted molar refractivity (Wildman–Crippen MR) is 150 cm³/mol. The zero-order chi connectivity index (χ0) is 27.1. The SMILES string of the molecule is O=P(O)(OCc1ccccc1)OCc1ccccc1.O=P(O)(OCc1ccccc1)OCc1ccccc1.[Ba]. The summed E-state index contributed by atoms with van der Waals surface area (Å²) in [5, 5.41) is 0. The number of phosphoric ester groups is 2. The maximum atomic E-state index is 11.7. The Balaban J connectivity index is 0.000000267. The molecule has 0 saturated heterocycles. The van der Waals surface area contributed by atoms with Gasteiger partial charge in [-0.2, -0.15) is 0 Å². The minimum absolute atomic E-state index is 0. The van der Waals surface area contributed by atoms with Crippen molar-refractivity contribution in [3.8, 4) is 0 Å². The fraction of sp³-hybridized carbons (Fsp3) is 0.143. The Morgan fingerprint density at radius 3 is 0.769 bits per heavy atom. The first-order valence-electron chi connectivity index (χ1n) is 11.7. The van der Waals surface area contributed by atoms with Crippen molar-refractivity contribution in [2.45, 2.75) is 26.4 Å². The number of rotatable bonds is 12. The molecule has 0 aliphatic rings. The molecule has 4 aromatic rings. The van der Waals surface area contributed by atoms with Gasteiger partial charge in [0, 0.05) is 48.9 Å². The third-order valence-electron chi connectivity index (χ3n) is 4.95. The van der Waals surface area contributed by atoms with E-state index in [0.717, 1.165) is 22.3 Å². The average molecular weight is 694 g/mol. The third kappa shape index (κ3) is 14.7. The van der Waals surface area contributed by atoms with Crippen LogP contribution in [0.5, 0.6) is 0 Å². The minimum Gasteiger partial charge on any atom is -0.302 e. The second-order valence-electron chi connectivity index (χ2n) is 7.97. The van der Waals surface area contributed by atoms with Crippen LogP contribution in [0.4, 0.5) is 0 Å². The van der Waals surface area contributed by atoms with Gasteiger partial charge in [-0.15, -0.1) is 0 Å². The Labute approximate surface area is 269 Å². The van der Waals surface area contributed by atoms with Crippen LogP contribution in [0.2, 0.25) is 0 Å². The van der Waals surface area contributed by atoms with Gasteiger partial charge < -0.3 is 9.79 Å². The summed E-state index contributed by atoms with van der Waals surface area (Å²) in [5.41, 5.74) is 3.28. The van der Waals surface area contributed by atoms with Crippen LogP contribution >= 0.6 is 15.6 Å². The standard InChI is InChI=1S/2C14H15O4P.Ba/c2*15-19(16,17-11-13-7-3-1-4-8-13)18-12-14-9-5-2-6-10-14;/h2*1-10H,11-12H2,(H,15,16);. The second kappa shape index (κ2) is 18.2. The van der Waals surface area contributed by atoms with Gasteiger partial charge in [0.1, 0.15) is 0 Å². The van der Waals surface area contributed by atoms with Crippen LogP contribution in [0.1, 0.15) is 22.3 Å². The van der Waals surface area contributed by atoms with Crippen LogP contribution in [0.3, 0.4) is 0 Å². The molecule has 202 valence electrons. The fourth-order valence-corrected chi connectivity index (χ4v) is 4.39. The van der Waals surface area contributed by atoms with Crippen LogP contribution in [-0.4, -0.2) is 58.7 Å². The normalized spacial score (nSPS) is 11.1. The average Bonchev–Trinajstić information content (AvgIpc) is 2.96. The molecule has 11 heteroatoms. The summed E-state index contributed by atoms with van der Waals surface area (Å²) in [4.78, 5) is 19.1. The van der Waals surface area contributed by atoms with E-state index in [0.29, 0.717) is 0 Å². The molecule has 4 aromatic carbocycles. The third-order valence-corrected chi connectivity index (χ3v) is 6.77. The Morgan fingerprint density at radius 2 is 0.590 bits per heavy atom. The minimum atomic E-state index is -4.02. The van der Waals surface area contributed by atoms with Gasteiger partial charge in [0.05, 0.1) is 26.4 Å². The molecule has 0 atom stereocenters. The molecule has 8 nitrogen and oxygen atoms in total. The maximum Gasteiger partial charge on any atom is 0.472 e. The summed E-state index contributed by atoms with van der Waals surface area (Å²) in [7, 11) is -8.05. The maximum absolute atomic E-state index is 11.7. The van der Waals surface area contributed by atoms with Gasteiger partial charge in [-0.1, -0.05) is 121 Å². The molecular weight excluding hydrogens is 664 g/mol. The first kappa shape index (κ1) is 33.9. The Hall–Kier alpha value is -1.33. The molecule has 0 aliphatic heterocycles. The van der Waals surface area contributed by atoms with Gasteiger partial charge in [0.25, 0.3) is 0 Å². The zero-order valence-corrected chi connectivity index (χ0v) is 27.6. The number of hydrogen-bond donors (Lipinski definition) is 2. The summed E-state index contributed by atoms with van der Waals surface area (Å²) in [6, 6.07) is 36.7. The van der Waals surface area contributed by atoms with E-state index in [1.165, 1.54) is 0 Å². The van der Waals surface area contributed by atoms with E-state index in [4.69, 9.17) is 18.1 Å². The summed E-state index contributed by atoms with van der Waals surface area (Å²) >= 11 is 0. The van der Waals surface area contributed by atoms with Crippen LogP contribution in [0.15, 0.2) is 121 Å². The molecule has 0 heterocycles. The number of phosphoric acid groups is 2. The second-order valence-corrected chi connectivity index (χ2v) is 10.9. The summed E-state index contributed by atoms with van der Waals surface area (Å²) in [6.45, 7) is 0.180. The molecule has 0 aromatic heterocycles. The van der Waals surface area contributed by atoms with Gasteiger partial charge in [-0.25, -0.2) is 9.13 Å². The molecule has 2 N–H and O–H groups in total. The van der Waals surface area contributed by atoms with Gasteiger partial charge >= 0.3 is 15.6 Å². The van der Waals surface area contributed by atoms with E-state index in [9.17, 15) is 18.9 Å². The van der Waals surface area contributed by atoms with Crippen molar-refractivity contribution in [1.82, 2.24) is 0 Å². The van der Waals surface area contributed by atoms with E-state index < -0.39 is 15.6 Å². The summed E-state index contributed by atoms with van der Waals surface area (Å²) in [6.07, 6.45) is 0. The first-order valence-corrected chi connectivity index (χ1v) is 14.7. The molecule has 2 radical (unpaired) electrons. The van der Waals surface area contributed by atoms with E-state index in [-0.39, 0.29) is 75.3 Å². The van der Waals surface area contributed by atoms with Crippen molar-refractivity contribution in [1.29, 1.82) is 0 Å². The molecular formula is C28H30BaO8P2. The fourth-order valence-electron chi connectivity index (χ4n) is 3.00. The van der Waals surface area contributed by atoms with Crippen molar-refractivity contribution < 1.29 is 37.0 Å². The van der Waals surface area contributed by atoms with Gasteiger partial charge in [-0.3, -0.25) is 18.1 Å². The number of benzene rings is 4. The molecule has 4 rings (SSSR count). The summed E-state index contributed by atoms with van der Waals surface area (Å²) < 4.78 is 43.0. The van der Waals surface area contributed by atoms with E-state index >= 15 is 0 Å². The Bertz CT molecular complexity index is 1100. The largest absolute Gasteiger partial charge is 0.472 e. The van der Waals surface area contributed by atoms with Gasteiger partial charge in [0.2, 0.25) is 0 Å². The van der Waals surface area contributed by atoms with Crippen LogP contribution in [0.25, 0.3) is 0 Å². The van der Waals surface area contributed by atoms with Crippen LogP contribution in [0, 0.1) is 0 Å². The quantitative estimate of drug-likeness (QED) is 0.125. The van der Waals surface area contributed by atoms with Crippen LogP contribution < -0.4 is 0 Å². The van der Waals surface area contributed by atoms with E-state index in [1.807, 2.05) is 121 Å². The number of hydrogen-bond acceptors (Lipinski definition) is 6. The molecule has 0 fully saturated rings. The molecule has 0 aliphatic carbocycles. The molecule has 0 amide bonds.